The molecule has 0 aromatic heterocycles. The molecule has 0 N–H and O–H groups in total. The Morgan fingerprint density at radius 1 is 1.12 bits per heavy atom. The van der Waals surface area contributed by atoms with Gasteiger partial charge in [-0.2, -0.15) is 0 Å². The molecule has 2 aromatic rings. The van der Waals surface area contributed by atoms with E-state index < -0.39 is 0 Å². The number of fused-ring (bicyclic) bond motifs is 1. The van der Waals surface area contributed by atoms with Crippen LogP contribution >= 0.6 is 0 Å². The van der Waals surface area contributed by atoms with Gasteiger partial charge in [-0.25, -0.2) is 0 Å². The molecule has 1 aliphatic carbocycles. The maximum Gasteiger partial charge on any atom is 0.229 e. The second kappa shape index (κ2) is 8.26. The van der Waals surface area contributed by atoms with Crippen LogP contribution in [0.15, 0.2) is 42.5 Å². The van der Waals surface area contributed by atoms with Crippen molar-refractivity contribution < 1.29 is 14.3 Å². The molecule has 0 saturated heterocycles. The molecule has 0 spiro atoms. The number of methoxy groups -OCH3 is 2. The molecule has 1 amide bonds. The van der Waals surface area contributed by atoms with Crippen LogP contribution in [0.3, 0.4) is 0 Å². The minimum absolute atomic E-state index is 0.00430. The Morgan fingerprint density at radius 2 is 1.88 bits per heavy atom. The highest BCUT2D eigenvalue weighted by Crippen LogP contribution is 2.33. The highest BCUT2D eigenvalue weighted by molar-refractivity contribution is 5.84. The molecule has 4 nitrogen and oxygen atoms in total. The Kier molecular flexibility index (Phi) is 5.82. The number of hydrogen-bond acceptors (Lipinski definition) is 3. The van der Waals surface area contributed by atoms with Crippen LogP contribution in [-0.4, -0.2) is 38.6 Å². The topological polar surface area (TPSA) is 38.8 Å². The molecule has 0 fully saturated rings. The summed E-state index contributed by atoms with van der Waals surface area (Å²) in [6, 6.07) is 14.3. The van der Waals surface area contributed by atoms with E-state index in [1.54, 1.807) is 14.2 Å². The van der Waals surface area contributed by atoms with Gasteiger partial charge < -0.3 is 14.4 Å². The molecule has 0 aliphatic heterocycles. The molecule has 2 aromatic carbocycles. The Bertz CT molecular complexity index is 772. The number of amides is 1. The molecule has 0 bridgehead atoms. The second-order valence-electron chi connectivity index (χ2n) is 6.84. The first-order chi connectivity index (χ1) is 12.6. The van der Waals surface area contributed by atoms with Crippen LogP contribution in [0.2, 0.25) is 0 Å². The van der Waals surface area contributed by atoms with E-state index in [9.17, 15) is 4.79 Å². The van der Waals surface area contributed by atoms with Crippen LogP contribution in [0.1, 0.15) is 35.4 Å². The molecule has 26 heavy (non-hydrogen) atoms. The first kappa shape index (κ1) is 18.3. The van der Waals surface area contributed by atoms with Gasteiger partial charge in [-0.05, 0) is 54.5 Å². The number of nitrogens with zero attached hydrogens (tertiary/aromatic N) is 1. The molecular formula is C22H27NO3. The van der Waals surface area contributed by atoms with Gasteiger partial charge in [0.15, 0.2) is 11.5 Å². The summed E-state index contributed by atoms with van der Waals surface area (Å²) in [5, 5.41) is 0. The third-order valence-electron chi connectivity index (χ3n) is 5.23. The minimum Gasteiger partial charge on any atom is -0.493 e. The van der Waals surface area contributed by atoms with Crippen LogP contribution in [0.4, 0.5) is 0 Å². The van der Waals surface area contributed by atoms with Gasteiger partial charge >= 0.3 is 0 Å². The first-order valence-electron chi connectivity index (χ1n) is 9.17. The molecular weight excluding hydrogens is 326 g/mol. The zero-order chi connectivity index (χ0) is 18.5. The van der Waals surface area contributed by atoms with E-state index in [4.69, 9.17) is 9.47 Å². The summed E-state index contributed by atoms with van der Waals surface area (Å²) in [5.74, 6) is 1.66. The molecule has 138 valence electrons. The standard InChI is InChI=1S/C22H27NO3/c1-23(14-13-16-11-12-20(25-2)21(15-16)26-3)22(24)19-10-6-8-17-7-4-5-9-18(17)19/h4-5,7,9,11-12,15,19H,6,8,10,13-14H2,1-3H3. The van der Waals surface area contributed by atoms with Crippen LogP contribution in [-0.2, 0) is 17.6 Å². The molecule has 3 rings (SSSR count). The Hall–Kier alpha value is -2.49. The molecule has 0 saturated carbocycles. The van der Waals surface area contributed by atoms with E-state index in [0.29, 0.717) is 6.54 Å². The van der Waals surface area contributed by atoms with Crippen molar-refractivity contribution >= 4 is 5.91 Å². The lowest BCUT2D eigenvalue weighted by Crippen LogP contribution is -2.34. The number of aryl methyl sites for hydroxylation is 1. The zero-order valence-corrected chi connectivity index (χ0v) is 15.8. The van der Waals surface area contributed by atoms with Crippen molar-refractivity contribution in [1.29, 1.82) is 0 Å². The van der Waals surface area contributed by atoms with Gasteiger partial charge in [-0.3, -0.25) is 4.79 Å². The fourth-order valence-electron chi connectivity index (χ4n) is 3.72. The predicted octanol–water partition coefficient (Wildman–Crippen LogP) is 3.82. The second-order valence-corrected chi connectivity index (χ2v) is 6.84. The number of rotatable bonds is 6. The molecule has 1 aliphatic rings. The number of likely N-dealkylation sites (N-methyl/N-ethyl adjacent to an activating group) is 1. The molecule has 1 atom stereocenters. The summed E-state index contributed by atoms with van der Waals surface area (Å²) >= 11 is 0. The van der Waals surface area contributed by atoms with Gasteiger partial charge in [0, 0.05) is 13.6 Å². The normalized spacial score (nSPS) is 15.9. The Morgan fingerprint density at radius 3 is 2.65 bits per heavy atom. The summed E-state index contributed by atoms with van der Waals surface area (Å²) in [6.45, 7) is 0.687. The molecule has 1 unspecified atom stereocenters. The number of carbonyl (C=O) groups is 1. The smallest absolute Gasteiger partial charge is 0.229 e. The number of carbonyl (C=O) groups excluding carboxylic acids is 1. The third-order valence-corrected chi connectivity index (χ3v) is 5.23. The zero-order valence-electron chi connectivity index (χ0n) is 15.8. The van der Waals surface area contributed by atoms with Gasteiger partial charge in [0.25, 0.3) is 0 Å². The summed E-state index contributed by atoms with van der Waals surface area (Å²) in [4.78, 5) is 14.9. The fraction of sp³-hybridized carbons (Fsp3) is 0.409. The number of ether oxygens (including phenoxy) is 2. The lowest BCUT2D eigenvalue weighted by Gasteiger charge is -2.28. The number of hydrogen-bond donors (Lipinski definition) is 0. The lowest BCUT2D eigenvalue weighted by atomic mass is 9.82. The highest BCUT2D eigenvalue weighted by atomic mass is 16.5. The van der Waals surface area contributed by atoms with E-state index in [1.165, 1.54) is 11.1 Å². The lowest BCUT2D eigenvalue weighted by molar-refractivity contribution is -0.131. The monoisotopic (exact) mass is 353 g/mol. The minimum atomic E-state index is -0.00430. The third kappa shape index (κ3) is 3.85. The van der Waals surface area contributed by atoms with Crippen molar-refractivity contribution in [2.75, 3.05) is 27.8 Å². The van der Waals surface area contributed by atoms with Gasteiger partial charge in [-0.15, -0.1) is 0 Å². The summed E-state index contributed by atoms with van der Waals surface area (Å²) < 4.78 is 10.6. The Balaban J connectivity index is 1.65. The molecule has 4 heteroatoms. The maximum absolute atomic E-state index is 13.0. The van der Waals surface area contributed by atoms with Crippen LogP contribution in [0.25, 0.3) is 0 Å². The molecule has 0 radical (unpaired) electrons. The van der Waals surface area contributed by atoms with E-state index in [-0.39, 0.29) is 11.8 Å². The quantitative estimate of drug-likeness (QED) is 0.792. The van der Waals surface area contributed by atoms with Gasteiger partial charge in [0.1, 0.15) is 0 Å². The van der Waals surface area contributed by atoms with E-state index in [0.717, 1.165) is 42.7 Å². The van der Waals surface area contributed by atoms with Crippen molar-refractivity contribution in [3.8, 4) is 11.5 Å². The average molecular weight is 353 g/mol. The van der Waals surface area contributed by atoms with E-state index in [2.05, 4.69) is 18.2 Å². The first-order valence-corrected chi connectivity index (χ1v) is 9.17. The fourth-order valence-corrected chi connectivity index (χ4v) is 3.72. The van der Waals surface area contributed by atoms with Crippen LogP contribution in [0.5, 0.6) is 11.5 Å². The summed E-state index contributed by atoms with van der Waals surface area (Å²) in [5.41, 5.74) is 3.67. The maximum atomic E-state index is 13.0. The predicted molar refractivity (Wildman–Crippen MR) is 103 cm³/mol. The average Bonchev–Trinajstić information content (AvgIpc) is 2.70. The van der Waals surface area contributed by atoms with Gasteiger partial charge in [0.2, 0.25) is 5.91 Å². The van der Waals surface area contributed by atoms with Crippen molar-refractivity contribution in [2.45, 2.75) is 31.6 Å². The van der Waals surface area contributed by atoms with E-state index >= 15 is 0 Å². The van der Waals surface area contributed by atoms with Crippen molar-refractivity contribution in [3.05, 3.63) is 59.2 Å². The largest absolute Gasteiger partial charge is 0.493 e. The SMILES string of the molecule is COc1ccc(CCN(C)C(=O)C2CCCc3ccccc32)cc1OC. The highest BCUT2D eigenvalue weighted by Gasteiger charge is 2.28. The summed E-state index contributed by atoms with van der Waals surface area (Å²) in [6.07, 6.45) is 3.89. The van der Waals surface area contributed by atoms with Gasteiger partial charge in [-0.1, -0.05) is 30.3 Å². The number of benzene rings is 2. The van der Waals surface area contributed by atoms with Gasteiger partial charge in [0.05, 0.1) is 20.1 Å². The van der Waals surface area contributed by atoms with Crippen molar-refractivity contribution in [3.63, 3.8) is 0 Å². The Labute approximate surface area is 155 Å². The van der Waals surface area contributed by atoms with E-state index in [1.807, 2.05) is 36.2 Å². The van der Waals surface area contributed by atoms with Crippen molar-refractivity contribution in [2.24, 2.45) is 0 Å². The summed E-state index contributed by atoms with van der Waals surface area (Å²) in [7, 11) is 5.17. The van der Waals surface area contributed by atoms with Crippen LogP contribution in [0, 0.1) is 0 Å². The van der Waals surface area contributed by atoms with Crippen LogP contribution < -0.4 is 9.47 Å². The van der Waals surface area contributed by atoms with Crippen molar-refractivity contribution in [1.82, 2.24) is 4.90 Å². The molecule has 0 heterocycles.